The van der Waals surface area contributed by atoms with Crippen molar-refractivity contribution in [2.24, 2.45) is 0 Å². The average molecular weight is 325 g/mol. The number of carbonyl (C=O) groups excluding carboxylic acids is 1. The predicted octanol–water partition coefficient (Wildman–Crippen LogP) is 1.79. The first-order chi connectivity index (χ1) is 11.6. The normalized spacial score (nSPS) is 17.7. The lowest BCUT2D eigenvalue weighted by atomic mass is 10.1. The molecule has 3 N–H and O–H groups in total. The van der Waals surface area contributed by atoms with Crippen molar-refractivity contribution in [3.63, 3.8) is 0 Å². The van der Waals surface area contributed by atoms with Crippen molar-refractivity contribution in [3.05, 3.63) is 51.7 Å². The van der Waals surface area contributed by atoms with Crippen LogP contribution >= 0.6 is 0 Å². The molecular weight excluding hydrogens is 306 g/mol. The fraction of sp³-hybridized carbons (Fsp3) is 0.353. The third-order valence-corrected chi connectivity index (χ3v) is 4.71. The Bertz CT molecular complexity index is 918. The summed E-state index contributed by atoms with van der Waals surface area (Å²) < 4.78 is 0. The monoisotopic (exact) mass is 325 g/mol. The van der Waals surface area contributed by atoms with Gasteiger partial charge in [0.25, 0.3) is 5.56 Å². The van der Waals surface area contributed by atoms with E-state index in [-0.39, 0.29) is 23.9 Å². The Labute approximate surface area is 138 Å². The minimum absolute atomic E-state index is 0.0360. The standard InChI is InChI=1S/C17H19N5O2/c1-10-11(17(24)21-20-10)9-15(23)22-8-4-7-14(22)16-18-12-5-2-3-6-13(12)19-16/h2-3,5-6,14H,4,7-9H2,1H3,(H,18,19)(H2,20,21,24). The van der Waals surface area contributed by atoms with Crippen LogP contribution < -0.4 is 5.56 Å². The van der Waals surface area contributed by atoms with Crippen LogP contribution in [0.5, 0.6) is 0 Å². The van der Waals surface area contributed by atoms with Gasteiger partial charge in [-0.2, -0.15) is 0 Å². The van der Waals surface area contributed by atoms with Gasteiger partial charge >= 0.3 is 0 Å². The van der Waals surface area contributed by atoms with Crippen LogP contribution in [0.3, 0.4) is 0 Å². The van der Waals surface area contributed by atoms with E-state index in [0.29, 0.717) is 17.8 Å². The lowest BCUT2D eigenvalue weighted by Crippen LogP contribution is -2.33. The molecule has 1 aromatic carbocycles. The number of nitrogens with one attached hydrogen (secondary N) is 3. The molecule has 24 heavy (non-hydrogen) atoms. The highest BCUT2D eigenvalue weighted by Gasteiger charge is 2.32. The molecule has 1 aliphatic heterocycles. The molecule has 0 radical (unpaired) electrons. The summed E-state index contributed by atoms with van der Waals surface area (Å²) in [5, 5.41) is 5.29. The molecule has 0 saturated carbocycles. The third kappa shape index (κ3) is 2.42. The topological polar surface area (TPSA) is 97.6 Å². The quantitative estimate of drug-likeness (QED) is 0.685. The molecule has 7 nitrogen and oxygen atoms in total. The van der Waals surface area contributed by atoms with Gasteiger partial charge in [0.05, 0.1) is 23.5 Å². The van der Waals surface area contributed by atoms with Gasteiger partial charge in [0.2, 0.25) is 5.91 Å². The number of fused-ring (bicyclic) bond motifs is 1. The summed E-state index contributed by atoms with van der Waals surface area (Å²) in [7, 11) is 0. The number of likely N-dealkylation sites (tertiary alicyclic amines) is 1. The summed E-state index contributed by atoms with van der Waals surface area (Å²) >= 11 is 0. The molecule has 124 valence electrons. The van der Waals surface area contributed by atoms with E-state index in [1.165, 1.54) is 0 Å². The number of nitrogens with zero attached hydrogens (tertiary/aromatic N) is 2. The van der Waals surface area contributed by atoms with E-state index in [4.69, 9.17) is 0 Å². The summed E-state index contributed by atoms with van der Waals surface area (Å²) in [6.45, 7) is 2.49. The number of hydrogen-bond donors (Lipinski definition) is 3. The summed E-state index contributed by atoms with van der Waals surface area (Å²) in [5.74, 6) is 0.785. The van der Waals surface area contributed by atoms with Crippen molar-refractivity contribution in [3.8, 4) is 0 Å². The number of H-pyrrole nitrogens is 3. The number of carbonyl (C=O) groups is 1. The van der Waals surface area contributed by atoms with Gasteiger partial charge in [0.1, 0.15) is 5.82 Å². The zero-order valence-electron chi connectivity index (χ0n) is 13.4. The van der Waals surface area contributed by atoms with Crippen molar-refractivity contribution in [2.75, 3.05) is 6.54 Å². The van der Waals surface area contributed by atoms with E-state index < -0.39 is 0 Å². The second-order valence-electron chi connectivity index (χ2n) is 6.24. The Morgan fingerprint density at radius 3 is 2.92 bits per heavy atom. The number of benzene rings is 1. The maximum Gasteiger partial charge on any atom is 0.267 e. The van der Waals surface area contributed by atoms with Gasteiger partial charge in [-0.3, -0.25) is 14.7 Å². The number of amides is 1. The Kier molecular flexibility index (Phi) is 3.48. The molecule has 1 atom stereocenters. The molecule has 1 aliphatic rings. The number of rotatable bonds is 3. The van der Waals surface area contributed by atoms with Crippen LogP contribution in [0.1, 0.15) is 36.0 Å². The summed E-state index contributed by atoms with van der Waals surface area (Å²) in [6.07, 6.45) is 1.94. The van der Waals surface area contributed by atoms with Crippen LogP contribution in [0.15, 0.2) is 29.1 Å². The van der Waals surface area contributed by atoms with Gasteiger partial charge in [-0.15, -0.1) is 0 Å². The minimum Gasteiger partial charge on any atom is -0.340 e. The summed E-state index contributed by atoms with van der Waals surface area (Å²) in [6, 6.07) is 7.80. The van der Waals surface area contributed by atoms with E-state index in [1.807, 2.05) is 29.2 Å². The Morgan fingerprint density at radius 2 is 2.17 bits per heavy atom. The van der Waals surface area contributed by atoms with Crippen LogP contribution in [0.25, 0.3) is 11.0 Å². The second kappa shape index (κ2) is 5.67. The van der Waals surface area contributed by atoms with Gasteiger partial charge in [-0.1, -0.05) is 12.1 Å². The fourth-order valence-electron chi connectivity index (χ4n) is 3.42. The molecule has 0 spiro atoms. The number of aromatic amines is 3. The Morgan fingerprint density at radius 1 is 1.33 bits per heavy atom. The Balaban J connectivity index is 1.60. The Hall–Kier alpha value is -2.83. The highest BCUT2D eigenvalue weighted by Crippen LogP contribution is 2.31. The van der Waals surface area contributed by atoms with Crippen molar-refractivity contribution in [2.45, 2.75) is 32.2 Å². The average Bonchev–Trinajstić information content (AvgIpc) is 3.28. The molecule has 0 bridgehead atoms. The van der Waals surface area contributed by atoms with Gasteiger partial charge in [-0.25, -0.2) is 4.98 Å². The number of para-hydroxylation sites is 2. The first-order valence-corrected chi connectivity index (χ1v) is 8.13. The molecule has 7 heteroatoms. The smallest absolute Gasteiger partial charge is 0.267 e. The fourth-order valence-corrected chi connectivity index (χ4v) is 3.42. The maximum atomic E-state index is 12.7. The molecule has 3 heterocycles. The number of imidazole rings is 1. The second-order valence-corrected chi connectivity index (χ2v) is 6.24. The molecule has 4 rings (SSSR count). The van der Waals surface area contributed by atoms with Gasteiger partial charge in [0.15, 0.2) is 0 Å². The molecule has 0 aliphatic carbocycles. The van der Waals surface area contributed by atoms with Crippen LogP contribution in [-0.4, -0.2) is 37.5 Å². The van der Waals surface area contributed by atoms with Crippen molar-refractivity contribution in [1.29, 1.82) is 0 Å². The van der Waals surface area contributed by atoms with E-state index in [9.17, 15) is 9.59 Å². The van der Waals surface area contributed by atoms with Gasteiger partial charge < -0.3 is 15.0 Å². The predicted molar refractivity (Wildman–Crippen MR) is 89.6 cm³/mol. The van der Waals surface area contributed by atoms with Crippen molar-refractivity contribution >= 4 is 16.9 Å². The zero-order valence-corrected chi connectivity index (χ0v) is 13.4. The first-order valence-electron chi connectivity index (χ1n) is 8.13. The first kappa shape index (κ1) is 14.7. The lowest BCUT2D eigenvalue weighted by molar-refractivity contribution is -0.131. The highest BCUT2D eigenvalue weighted by molar-refractivity contribution is 5.80. The number of aromatic nitrogens is 4. The summed E-state index contributed by atoms with van der Waals surface area (Å²) in [4.78, 5) is 34.3. The minimum atomic E-state index is -0.222. The molecule has 1 amide bonds. The van der Waals surface area contributed by atoms with Gasteiger partial charge in [0, 0.05) is 17.8 Å². The molecular formula is C17H19N5O2. The molecule has 1 saturated heterocycles. The van der Waals surface area contributed by atoms with E-state index in [0.717, 1.165) is 29.7 Å². The van der Waals surface area contributed by atoms with Crippen molar-refractivity contribution in [1.82, 2.24) is 25.1 Å². The third-order valence-electron chi connectivity index (χ3n) is 4.71. The van der Waals surface area contributed by atoms with E-state index in [2.05, 4.69) is 20.2 Å². The molecule has 1 unspecified atom stereocenters. The number of aryl methyl sites for hydroxylation is 1. The molecule has 1 fully saturated rings. The van der Waals surface area contributed by atoms with Crippen LogP contribution in [0.2, 0.25) is 0 Å². The van der Waals surface area contributed by atoms with E-state index in [1.54, 1.807) is 6.92 Å². The van der Waals surface area contributed by atoms with Crippen LogP contribution in [0, 0.1) is 6.92 Å². The lowest BCUT2D eigenvalue weighted by Gasteiger charge is -2.23. The highest BCUT2D eigenvalue weighted by atomic mass is 16.2. The molecule has 3 aromatic rings. The van der Waals surface area contributed by atoms with Crippen LogP contribution in [-0.2, 0) is 11.2 Å². The van der Waals surface area contributed by atoms with Gasteiger partial charge in [-0.05, 0) is 31.9 Å². The molecule has 2 aromatic heterocycles. The van der Waals surface area contributed by atoms with Crippen LogP contribution in [0.4, 0.5) is 0 Å². The summed E-state index contributed by atoms with van der Waals surface area (Å²) in [5.41, 5.74) is 2.89. The zero-order chi connectivity index (χ0) is 16.7. The number of hydrogen-bond acceptors (Lipinski definition) is 3. The SMILES string of the molecule is Cc1[nH][nH]c(=O)c1CC(=O)N1CCCC1c1nc2ccccc2[nH]1. The van der Waals surface area contributed by atoms with E-state index >= 15 is 0 Å². The maximum absolute atomic E-state index is 12.7. The van der Waals surface area contributed by atoms with Crippen molar-refractivity contribution < 1.29 is 4.79 Å². The largest absolute Gasteiger partial charge is 0.340 e.